The second kappa shape index (κ2) is 3.91. The first-order valence-corrected chi connectivity index (χ1v) is 5.97. The third-order valence-electron chi connectivity index (χ3n) is 3.28. The number of nitrogens with zero attached hydrogens (tertiary/aromatic N) is 2. The van der Waals surface area contributed by atoms with Gasteiger partial charge in [-0.25, -0.2) is 4.98 Å². The van der Waals surface area contributed by atoms with Crippen molar-refractivity contribution in [2.45, 2.75) is 25.7 Å². The molecule has 1 heterocycles. The Labute approximate surface area is 101 Å². The lowest BCUT2D eigenvalue weighted by molar-refractivity contribution is 0.414. The van der Waals surface area contributed by atoms with Crippen LogP contribution in [0.4, 0.5) is 0 Å². The van der Waals surface area contributed by atoms with E-state index in [1.165, 1.54) is 29.8 Å². The summed E-state index contributed by atoms with van der Waals surface area (Å²) in [6.07, 6.45) is 6.63. The summed E-state index contributed by atoms with van der Waals surface area (Å²) in [5.41, 5.74) is 3.59. The molecule has 1 fully saturated rings. The Morgan fingerprint density at radius 1 is 1.35 bits per heavy atom. The molecule has 0 radical (unpaired) electrons. The van der Waals surface area contributed by atoms with Gasteiger partial charge in [0.15, 0.2) is 0 Å². The van der Waals surface area contributed by atoms with Gasteiger partial charge in [-0.05, 0) is 43.5 Å². The number of ether oxygens (including phenoxy) is 1. The molecule has 0 N–H and O–H groups in total. The molecule has 1 saturated carbocycles. The van der Waals surface area contributed by atoms with Crippen LogP contribution in [0, 0.1) is 6.92 Å². The molecule has 88 valence electrons. The van der Waals surface area contributed by atoms with Gasteiger partial charge in [0.05, 0.1) is 19.1 Å². The number of imidazole rings is 1. The molecule has 3 nitrogen and oxygen atoms in total. The van der Waals surface area contributed by atoms with Gasteiger partial charge in [0.1, 0.15) is 5.75 Å². The molecular formula is C14H16N2O. The van der Waals surface area contributed by atoms with E-state index in [0.29, 0.717) is 5.92 Å². The van der Waals surface area contributed by atoms with Crippen LogP contribution >= 0.6 is 0 Å². The van der Waals surface area contributed by atoms with E-state index in [4.69, 9.17) is 4.74 Å². The molecule has 1 aliphatic rings. The first kappa shape index (κ1) is 10.4. The van der Waals surface area contributed by atoms with E-state index in [9.17, 15) is 0 Å². The molecule has 3 heteroatoms. The van der Waals surface area contributed by atoms with Crippen molar-refractivity contribution in [1.82, 2.24) is 9.55 Å². The molecule has 1 aromatic carbocycles. The summed E-state index contributed by atoms with van der Waals surface area (Å²) in [6, 6.07) is 6.11. The van der Waals surface area contributed by atoms with Crippen LogP contribution in [0.25, 0.3) is 5.69 Å². The quantitative estimate of drug-likeness (QED) is 0.807. The zero-order valence-corrected chi connectivity index (χ0v) is 10.2. The van der Waals surface area contributed by atoms with Crippen molar-refractivity contribution in [3.63, 3.8) is 0 Å². The predicted molar refractivity (Wildman–Crippen MR) is 66.8 cm³/mol. The molecule has 0 aliphatic heterocycles. The molecule has 17 heavy (non-hydrogen) atoms. The van der Waals surface area contributed by atoms with Gasteiger partial charge >= 0.3 is 0 Å². The Balaban J connectivity index is 1.96. The van der Waals surface area contributed by atoms with Crippen LogP contribution < -0.4 is 4.74 Å². The smallest absolute Gasteiger partial charge is 0.119 e. The highest BCUT2D eigenvalue weighted by molar-refractivity contribution is 5.45. The van der Waals surface area contributed by atoms with Crippen molar-refractivity contribution in [2.75, 3.05) is 7.11 Å². The monoisotopic (exact) mass is 228 g/mol. The number of hydrogen-bond acceptors (Lipinski definition) is 2. The van der Waals surface area contributed by atoms with Gasteiger partial charge in [-0.15, -0.1) is 0 Å². The number of benzene rings is 1. The zero-order valence-electron chi connectivity index (χ0n) is 10.2. The fraction of sp³-hybridized carbons (Fsp3) is 0.357. The fourth-order valence-corrected chi connectivity index (χ4v) is 2.10. The first-order chi connectivity index (χ1) is 8.28. The van der Waals surface area contributed by atoms with Crippen molar-refractivity contribution >= 4 is 0 Å². The topological polar surface area (TPSA) is 27.1 Å². The lowest BCUT2D eigenvalue weighted by Crippen LogP contribution is -1.94. The summed E-state index contributed by atoms with van der Waals surface area (Å²) in [5, 5.41) is 0. The van der Waals surface area contributed by atoms with Crippen LogP contribution in [0.2, 0.25) is 0 Å². The summed E-state index contributed by atoms with van der Waals surface area (Å²) in [7, 11) is 1.69. The van der Waals surface area contributed by atoms with Crippen LogP contribution in [0.1, 0.15) is 30.0 Å². The van der Waals surface area contributed by atoms with Crippen LogP contribution in [0.15, 0.2) is 30.7 Å². The van der Waals surface area contributed by atoms with Gasteiger partial charge in [-0.2, -0.15) is 0 Å². The number of methoxy groups -OCH3 is 1. The highest BCUT2D eigenvalue weighted by Gasteiger charge is 2.25. The predicted octanol–water partition coefficient (Wildman–Crippen LogP) is 3.07. The van der Waals surface area contributed by atoms with E-state index in [1.807, 2.05) is 18.5 Å². The van der Waals surface area contributed by atoms with Crippen molar-refractivity contribution in [3.8, 4) is 11.4 Å². The molecule has 0 amide bonds. The fourth-order valence-electron chi connectivity index (χ4n) is 2.10. The second-order valence-electron chi connectivity index (χ2n) is 4.63. The van der Waals surface area contributed by atoms with Gasteiger partial charge in [0, 0.05) is 17.8 Å². The molecule has 0 spiro atoms. The average molecular weight is 228 g/mol. The minimum atomic E-state index is 0.704. The lowest BCUT2D eigenvalue weighted by Gasteiger charge is -2.08. The maximum Gasteiger partial charge on any atom is 0.119 e. The molecule has 3 rings (SSSR count). The Kier molecular flexibility index (Phi) is 2.39. The number of hydrogen-bond donors (Lipinski definition) is 0. The van der Waals surface area contributed by atoms with Crippen molar-refractivity contribution in [1.29, 1.82) is 0 Å². The van der Waals surface area contributed by atoms with Crippen molar-refractivity contribution in [2.24, 2.45) is 0 Å². The van der Waals surface area contributed by atoms with Gasteiger partial charge in [0.2, 0.25) is 0 Å². The summed E-state index contributed by atoms with van der Waals surface area (Å²) in [4.78, 5) is 4.47. The van der Waals surface area contributed by atoms with Crippen LogP contribution in [0.5, 0.6) is 5.75 Å². The molecule has 0 unspecified atom stereocenters. The number of aryl methyl sites for hydroxylation is 1. The number of rotatable bonds is 3. The van der Waals surface area contributed by atoms with Gasteiger partial charge in [-0.3, -0.25) is 0 Å². The molecule has 0 saturated heterocycles. The Morgan fingerprint density at radius 2 is 2.18 bits per heavy atom. The zero-order chi connectivity index (χ0) is 11.8. The van der Waals surface area contributed by atoms with E-state index in [1.54, 1.807) is 7.11 Å². The van der Waals surface area contributed by atoms with E-state index in [2.05, 4.69) is 28.7 Å². The van der Waals surface area contributed by atoms with Crippen LogP contribution in [-0.4, -0.2) is 16.7 Å². The van der Waals surface area contributed by atoms with Gasteiger partial charge in [-0.1, -0.05) is 0 Å². The molecule has 0 atom stereocenters. The summed E-state index contributed by atoms with van der Waals surface area (Å²) in [5.74, 6) is 1.60. The largest absolute Gasteiger partial charge is 0.497 e. The SMILES string of the molecule is COc1ccc(-n2cnc(C3CC3)c2)c(C)c1. The standard InChI is InChI=1S/C14H16N2O/c1-10-7-12(17-2)5-6-14(10)16-8-13(15-9-16)11-3-4-11/h5-9,11H,3-4H2,1-2H3. The van der Waals surface area contributed by atoms with Crippen molar-refractivity contribution in [3.05, 3.63) is 42.0 Å². The van der Waals surface area contributed by atoms with E-state index >= 15 is 0 Å². The second-order valence-corrected chi connectivity index (χ2v) is 4.63. The Morgan fingerprint density at radius 3 is 2.82 bits per heavy atom. The summed E-state index contributed by atoms with van der Waals surface area (Å²) < 4.78 is 7.31. The highest BCUT2D eigenvalue weighted by atomic mass is 16.5. The van der Waals surface area contributed by atoms with Crippen LogP contribution in [-0.2, 0) is 0 Å². The Bertz CT molecular complexity index is 541. The average Bonchev–Trinajstić information content (AvgIpc) is 3.08. The molecule has 0 bridgehead atoms. The molecule has 2 aromatic rings. The maximum atomic E-state index is 5.21. The first-order valence-electron chi connectivity index (χ1n) is 5.97. The highest BCUT2D eigenvalue weighted by Crippen LogP contribution is 2.39. The van der Waals surface area contributed by atoms with E-state index in [0.717, 1.165) is 5.75 Å². The van der Waals surface area contributed by atoms with Crippen molar-refractivity contribution < 1.29 is 4.74 Å². The normalized spacial score (nSPS) is 14.9. The third kappa shape index (κ3) is 1.93. The third-order valence-corrected chi connectivity index (χ3v) is 3.28. The lowest BCUT2D eigenvalue weighted by atomic mass is 10.2. The molecule has 1 aromatic heterocycles. The minimum absolute atomic E-state index is 0.704. The minimum Gasteiger partial charge on any atom is -0.497 e. The number of aromatic nitrogens is 2. The summed E-state index contributed by atoms with van der Waals surface area (Å²) in [6.45, 7) is 2.09. The van der Waals surface area contributed by atoms with Gasteiger partial charge < -0.3 is 9.30 Å². The molecule has 1 aliphatic carbocycles. The van der Waals surface area contributed by atoms with Crippen LogP contribution in [0.3, 0.4) is 0 Å². The Hall–Kier alpha value is -1.77. The summed E-state index contributed by atoms with van der Waals surface area (Å²) >= 11 is 0. The van der Waals surface area contributed by atoms with E-state index in [-0.39, 0.29) is 0 Å². The molecular weight excluding hydrogens is 212 g/mol. The van der Waals surface area contributed by atoms with E-state index < -0.39 is 0 Å². The maximum absolute atomic E-state index is 5.21. The van der Waals surface area contributed by atoms with Gasteiger partial charge in [0.25, 0.3) is 0 Å².